The Hall–Kier alpha value is -1.83. The van der Waals surface area contributed by atoms with Crippen molar-refractivity contribution in [1.29, 1.82) is 0 Å². The molecular weight excluding hydrogens is 270 g/mol. The van der Waals surface area contributed by atoms with E-state index in [9.17, 15) is 14.4 Å². The topological polar surface area (TPSA) is 99.1 Å². The quantitative estimate of drug-likeness (QED) is 0.537. The summed E-state index contributed by atoms with van der Waals surface area (Å²) in [7, 11) is 3.46. The summed E-state index contributed by atoms with van der Waals surface area (Å²) in [5, 5.41) is 8.74. The highest BCUT2D eigenvalue weighted by molar-refractivity contribution is 5.78. The lowest BCUT2D eigenvalue weighted by molar-refractivity contribution is -0.883. The molecule has 0 aromatic carbocycles. The third-order valence-corrected chi connectivity index (χ3v) is 3.00. The fourth-order valence-corrected chi connectivity index (χ4v) is 1.64. The number of likely N-dealkylation sites (N-methyl/N-ethyl adjacent to an activating group) is 1. The van der Waals surface area contributed by atoms with Crippen LogP contribution in [0, 0.1) is 5.41 Å². The zero-order valence-corrected chi connectivity index (χ0v) is 11.9. The lowest BCUT2D eigenvalue weighted by Gasteiger charge is -2.31. The summed E-state index contributed by atoms with van der Waals surface area (Å²) in [4.78, 5) is 33.3. The standard InChI is InChI=1S/C12H19NO7/c1-12(7-19-11(17)20-8-12)10(16)18-5-4-13(2,3)6-9(14)15/h4-8H2,1-3H3/p+1. The predicted molar refractivity (Wildman–Crippen MR) is 65.8 cm³/mol. The van der Waals surface area contributed by atoms with Gasteiger partial charge in [0, 0.05) is 0 Å². The van der Waals surface area contributed by atoms with Crippen LogP contribution in [0.4, 0.5) is 4.79 Å². The minimum atomic E-state index is -1.02. The molecule has 0 spiro atoms. The molecule has 8 heteroatoms. The van der Waals surface area contributed by atoms with Crippen molar-refractivity contribution >= 4 is 18.1 Å². The third-order valence-electron chi connectivity index (χ3n) is 3.00. The van der Waals surface area contributed by atoms with E-state index in [1.807, 2.05) is 0 Å². The lowest BCUT2D eigenvalue weighted by Crippen LogP contribution is -2.48. The molecule has 1 aliphatic rings. The molecule has 0 aliphatic carbocycles. The van der Waals surface area contributed by atoms with Crippen LogP contribution in [0.2, 0.25) is 0 Å². The molecule has 1 heterocycles. The van der Waals surface area contributed by atoms with Gasteiger partial charge in [-0.15, -0.1) is 0 Å². The number of cyclic esters (lactones) is 2. The number of esters is 1. The van der Waals surface area contributed by atoms with Gasteiger partial charge >= 0.3 is 18.1 Å². The maximum absolute atomic E-state index is 11.9. The van der Waals surface area contributed by atoms with Gasteiger partial charge < -0.3 is 23.8 Å². The van der Waals surface area contributed by atoms with Gasteiger partial charge in [0.2, 0.25) is 0 Å². The number of aliphatic carboxylic acids is 1. The Morgan fingerprint density at radius 2 is 1.90 bits per heavy atom. The molecule has 0 aromatic rings. The van der Waals surface area contributed by atoms with Crippen LogP contribution < -0.4 is 0 Å². The molecule has 0 bridgehead atoms. The Morgan fingerprint density at radius 1 is 1.35 bits per heavy atom. The van der Waals surface area contributed by atoms with Gasteiger partial charge in [-0.2, -0.15) is 0 Å². The van der Waals surface area contributed by atoms with Gasteiger partial charge in [-0.05, 0) is 6.92 Å². The smallest absolute Gasteiger partial charge is 0.477 e. The molecular formula is C12H20NO7+. The lowest BCUT2D eigenvalue weighted by atomic mass is 9.93. The average molecular weight is 290 g/mol. The van der Waals surface area contributed by atoms with Gasteiger partial charge in [0.1, 0.15) is 31.8 Å². The molecule has 1 saturated heterocycles. The number of hydrogen-bond acceptors (Lipinski definition) is 6. The van der Waals surface area contributed by atoms with Crippen LogP contribution in [-0.2, 0) is 23.8 Å². The molecule has 1 aliphatic heterocycles. The molecule has 20 heavy (non-hydrogen) atoms. The van der Waals surface area contributed by atoms with Crippen LogP contribution in [0.25, 0.3) is 0 Å². The molecule has 114 valence electrons. The number of hydrogen-bond donors (Lipinski definition) is 1. The first-order chi connectivity index (χ1) is 9.15. The van der Waals surface area contributed by atoms with Crippen molar-refractivity contribution in [2.75, 3.05) is 47.0 Å². The fourth-order valence-electron chi connectivity index (χ4n) is 1.64. The number of carbonyl (C=O) groups excluding carboxylic acids is 2. The minimum Gasteiger partial charge on any atom is -0.477 e. The second kappa shape index (κ2) is 6.08. The number of carbonyl (C=O) groups is 3. The molecule has 8 nitrogen and oxygen atoms in total. The number of nitrogens with zero attached hydrogens (tertiary/aromatic N) is 1. The monoisotopic (exact) mass is 290 g/mol. The van der Waals surface area contributed by atoms with Gasteiger partial charge in [-0.25, -0.2) is 9.59 Å². The molecule has 1 N–H and O–H groups in total. The Balaban J connectivity index is 2.40. The Morgan fingerprint density at radius 3 is 2.40 bits per heavy atom. The molecule has 1 rings (SSSR count). The molecule has 1 fully saturated rings. The summed E-state index contributed by atoms with van der Waals surface area (Å²) >= 11 is 0. The first-order valence-electron chi connectivity index (χ1n) is 6.15. The zero-order chi connectivity index (χ0) is 15.4. The summed E-state index contributed by atoms with van der Waals surface area (Å²) in [5.74, 6) is -1.44. The number of carboxylic acid groups (broad SMARTS) is 1. The minimum absolute atomic E-state index is 0.0600. The van der Waals surface area contributed by atoms with E-state index in [1.54, 1.807) is 21.0 Å². The molecule has 0 atom stereocenters. The molecule has 0 radical (unpaired) electrons. The first kappa shape index (κ1) is 16.2. The van der Waals surface area contributed by atoms with Gasteiger partial charge in [-0.1, -0.05) is 0 Å². The highest BCUT2D eigenvalue weighted by Gasteiger charge is 2.42. The van der Waals surface area contributed by atoms with Gasteiger partial charge in [0.05, 0.1) is 14.1 Å². The number of quaternary nitrogens is 1. The van der Waals surface area contributed by atoms with Crippen molar-refractivity contribution in [3.8, 4) is 0 Å². The van der Waals surface area contributed by atoms with E-state index in [-0.39, 0.29) is 30.8 Å². The number of rotatable bonds is 6. The SMILES string of the molecule is CC1(C(=O)OCC[N+](C)(C)CC(=O)O)COC(=O)OC1. The summed E-state index contributed by atoms with van der Waals surface area (Å²) in [6, 6.07) is 0. The molecule has 0 amide bonds. The van der Waals surface area contributed by atoms with Crippen LogP contribution in [-0.4, -0.2) is 74.7 Å². The summed E-state index contributed by atoms with van der Waals surface area (Å²) in [6.45, 7) is 1.81. The van der Waals surface area contributed by atoms with E-state index in [2.05, 4.69) is 9.47 Å². The highest BCUT2D eigenvalue weighted by Crippen LogP contribution is 2.24. The second-order valence-electron chi connectivity index (χ2n) is 5.74. The van der Waals surface area contributed by atoms with E-state index >= 15 is 0 Å². The Kier molecular flexibility index (Phi) is 4.93. The first-order valence-corrected chi connectivity index (χ1v) is 6.15. The fraction of sp³-hybridized carbons (Fsp3) is 0.750. The maximum Gasteiger partial charge on any atom is 0.508 e. The van der Waals surface area contributed by atoms with E-state index in [0.717, 1.165) is 0 Å². The van der Waals surface area contributed by atoms with Crippen molar-refractivity contribution < 1.29 is 38.2 Å². The second-order valence-corrected chi connectivity index (χ2v) is 5.74. The van der Waals surface area contributed by atoms with Crippen molar-refractivity contribution in [1.82, 2.24) is 0 Å². The van der Waals surface area contributed by atoms with Crippen molar-refractivity contribution in [2.24, 2.45) is 5.41 Å². The van der Waals surface area contributed by atoms with Crippen LogP contribution >= 0.6 is 0 Å². The van der Waals surface area contributed by atoms with Crippen molar-refractivity contribution in [3.05, 3.63) is 0 Å². The third kappa shape index (κ3) is 4.69. The molecule has 0 saturated carbocycles. The largest absolute Gasteiger partial charge is 0.508 e. The normalized spacial score (nSPS) is 17.9. The van der Waals surface area contributed by atoms with Crippen molar-refractivity contribution in [2.45, 2.75) is 6.92 Å². The Labute approximate surface area is 116 Å². The predicted octanol–water partition coefficient (Wildman–Crippen LogP) is -0.136. The summed E-state index contributed by atoms with van der Waals surface area (Å²) < 4.78 is 14.7. The average Bonchev–Trinajstić information content (AvgIpc) is 2.31. The van der Waals surface area contributed by atoms with E-state index in [4.69, 9.17) is 9.84 Å². The van der Waals surface area contributed by atoms with Gasteiger partial charge in [0.15, 0.2) is 6.54 Å². The van der Waals surface area contributed by atoms with E-state index < -0.39 is 23.5 Å². The van der Waals surface area contributed by atoms with Crippen molar-refractivity contribution in [3.63, 3.8) is 0 Å². The summed E-state index contributed by atoms with van der Waals surface area (Å²) in [6.07, 6.45) is -0.797. The van der Waals surface area contributed by atoms with E-state index in [1.165, 1.54) is 0 Å². The van der Waals surface area contributed by atoms with Crippen LogP contribution in [0.5, 0.6) is 0 Å². The highest BCUT2D eigenvalue weighted by atomic mass is 16.7. The summed E-state index contributed by atoms with van der Waals surface area (Å²) in [5.41, 5.74) is -1.02. The number of ether oxygens (including phenoxy) is 3. The van der Waals surface area contributed by atoms with Crippen LogP contribution in [0.3, 0.4) is 0 Å². The van der Waals surface area contributed by atoms with Gasteiger partial charge in [-0.3, -0.25) is 4.79 Å². The van der Waals surface area contributed by atoms with Gasteiger partial charge in [0.25, 0.3) is 0 Å². The number of carboxylic acids is 1. The van der Waals surface area contributed by atoms with Crippen LogP contribution in [0.15, 0.2) is 0 Å². The maximum atomic E-state index is 11.9. The molecule has 0 aromatic heterocycles. The zero-order valence-electron chi connectivity index (χ0n) is 11.9. The Bertz CT molecular complexity index is 395. The van der Waals surface area contributed by atoms with Crippen LogP contribution in [0.1, 0.15) is 6.92 Å². The van der Waals surface area contributed by atoms with E-state index in [0.29, 0.717) is 6.54 Å². The molecule has 0 unspecified atom stereocenters.